The fourth-order valence-electron chi connectivity index (χ4n) is 8.28. The van der Waals surface area contributed by atoms with Crippen LogP contribution in [-0.2, 0) is 0 Å². The van der Waals surface area contributed by atoms with Crippen LogP contribution in [0.1, 0.15) is 72.1 Å². The number of hydrogen-bond acceptors (Lipinski definition) is 2. The van der Waals surface area contributed by atoms with Gasteiger partial charge in [0.2, 0.25) is 0 Å². The Morgan fingerprint density at radius 2 is 1.70 bits per heavy atom. The maximum atomic E-state index is 2.73. The zero-order chi connectivity index (χ0) is 19.6. The molecule has 0 spiro atoms. The Labute approximate surface area is 168 Å². The normalized spacial score (nSPS) is 48.0. The van der Waals surface area contributed by atoms with Gasteiger partial charge in [0.25, 0.3) is 0 Å². The fraction of sp³-hybridized carbons (Fsp3) is 0.920. The van der Waals surface area contributed by atoms with Gasteiger partial charge in [-0.15, -0.1) is 0 Å². The van der Waals surface area contributed by atoms with Gasteiger partial charge in [-0.05, 0) is 121 Å². The molecule has 0 aromatic rings. The van der Waals surface area contributed by atoms with Gasteiger partial charge in [-0.1, -0.05) is 25.5 Å². The third kappa shape index (κ3) is 2.96. The van der Waals surface area contributed by atoms with Crippen LogP contribution in [-0.4, -0.2) is 50.1 Å². The molecule has 8 atom stereocenters. The van der Waals surface area contributed by atoms with Crippen LogP contribution < -0.4 is 0 Å². The minimum Gasteiger partial charge on any atom is -0.306 e. The van der Waals surface area contributed by atoms with Gasteiger partial charge >= 0.3 is 0 Å². The summed E-state index contributed by atoms with van der Waals surface area (Å²) >= 11 is 0. The van der Waals surface area contributed by atoms with Crippen LogP contribution in [0.4, 0.5) is 0 Å². The minimum absolute atomic E-state index is 0.502. The second kappa shape index (κ2) is 6.87. The number of fused-ring (bicyclic) bond motifs is 5. The Morgan fingerprint density at radius 3 is 2.37 bits per heavy atom. The van der Waals surface area contributed by atoms with Gasteiger partial charge in [-0.2, -0.15) is 0 Å². The Balaban J connectivity index is 1.59. The number of rotatable bonds is 3. The van der Waals surface area contributed by atoms with E-state index in [1.807, 2.05) is 5.57 Å². The summed E-state index contributed by atoms with van der Waals surface area (Å²) in [5, 5.41) is 0. The highest BCUT2D eigenvalue weighted by Crippen LogP contribution is 2.66. The second-order valence-electron chi connectivity index (χ2n) is 11.6. The predicted molar refractivity (Wildman–Crippen MR) is 116 cm³/mol. The predicted octanol–water partition coefficient (Wildman–Crippen LogP) is 5.45. The molecular formula is C25H44N2. The van der Waals surface area contributed by atoms with Crippen molar-refractivity contribution >= 4 is 0 Å². The Kier molecular flexibility index (Phi) is 5.08. The molecule has 0 bridgehead atoms. The van der Waals surface area contributed by atoms with Gasteiger partial charge < -0.3 is 9.80 Å². The van der Waals surface area contributed by atoms with E-state index in [0.29, 0.717) is 10.8 Å². The van der Waals surface area contributed by atoms with Crippen molar-refractivity contribution in [3.63, 3.8) is 0 Å². The summed E-state index contributed by atoms with van der Waals surface area (Å²) < 4.78 is 0. The van der Waals surface area contributed by atoms with Crippen LogP contribution in [0.25, 0.3) is 0 Å². The molecule has 0 saturated heterocycles. The number of allylic oxidation sites excluding steroid dienone is 1. The van der Waals surface area contributed by atoms with Crippen LogP contribution in [0.2, 0.25) is 0 Å². The van der Waals surface area contributed by atoms with Crippen molar-refractivity contribution in [2.24, 2.45) is 34.5 Å². The van der Waals surface area contributed by atoms with E-state index >= 15 is 0 Å². The molecular weight excluding hydrogens is 328 g/mol. The van der Waals surface area contributed by atoms with Gasteiger partial charge in [0.15, 0.2) is 0 Å². The average Bonchev–Trinajstić information content (AvgIpc) is 2.97. The lowest BCUT2D eigenvalue weighted by molar-refractivity contribution is -0.0550. The van der Waals surface area contributed by atoms with Gasteiger partial charge in [0.1, 0.15) is 0 Å². The molecule has 3 fully saturated rings. The second-order valence-corrected chi connectivity index (χ2v) is 11.6. The van der Waals surface area contributed by atoms with Crippen LogP contribution in [0.3, 0.4) is 0 Å². The SMILES string of the molecule is C[C@H]([C@H]1CC[C@@H]2[C@H]3CC=C4C[C@@H](N(C)C)CC[C@]4(C)[C@H]3CC[C@@]21C)N(C)C. The molecule has 4 aliphatic rings. The van der Waals surface area contributed by atoms with E-state index < -0.39 is 0 Å². The van der Waals surface area contributed by atoms with E-state index in [0.717, 1.165) is 35.8 Å². The highest BCUT2D eigenvalue weighted by atomic mass is 15.1. The third-order valence-corrected chi connectivity index (χ3v) is 10.3. The molecule has 0 N–H and O–H groups in total. The topological polar surface area (TPSA) is 6.48 Å². The Bertz CT molecular complexity index is 593. The number of hydrogen-bond donors (Lipinski definition) is 0. The van der Waals surface area contributed by atoms with Gasteiger partial charge in [-0.25, -0.2) is 0 Å². The summed E-state index contributed by atoms with van der Waals surface area (Å²) in [6.07, 6.45) is 14.1. The molecule has 0 amide bonds. The van der Waals surface area contributed by atoms with Crippen molar-refractivity contribution < 1.29 is 0 Å². The monoisotopic (exact) mass is 372 g/mol. The molecule has 3 saturated carbocycles. The van der Waals surface area contributed by atoms with E-state index in [4.69, 9.17) is 0 Å². The summed E-state index contributed by atoms with van der Waals surface area (Å²) in [6, 6.07) is 1.49. The van der Waals surface area contributed by atoms with Crippen LogP contribution in [0, 0.1) is 34.5 Å². The number of nitrogens with zero attached hydrogens (tertiary/aromatic N) is 2. The standard InChI is InChI=1S/C25H44N2/c1-17(26(4)5)21-10-11-22-20-9-8-18-16-19(27(6)7)12-14-24(18,2)23(20)13-15-25(21,22)3/h8,17,19-23H,9-16H2,1-7H3/t17-,19+,20-,21-,22-,23+,24+,25-/m1/s1. The minimum atomic E-state index is 0.502. The summed E-state index contributed by atoms with van der Waals surface area (Å²) in [6.45, 7) is 7.81. The summed E-state index contributed by atoms with van der Waals surface area (Å²) in [5.41, 5.74) is 2.91. The van der Waals surface area contributed by atoms with Gasteiger partial charge in [0.05, 0.1) is 0 Å². The molecule has 2 heteroatoms. The van der Waals surface area contributed by atoms with Crippen molar-refractivity contribution in [2.45, 2.75) is 84.2 Å². The summed E-state index contributed by atoms with van der Waals surface area (Å²) in [4.78, 5) is 4.95. The third-order valence-electron chi connectivity index (χ3n) is 10.3. The molecule has 0 aromatic carbocycles. The molecule has 0 radical (unpaired) electrons. The maximum Gasteiger partial charge on any atom is 0.0127 e. The van der Waals surface area contributed by atoms with Crippen LogP contribution in [0.15, 0.2) is 11.6 Å². The quantitative estimate of drug-likeness (QED) is 0.608. The zero-order valence-corrected chi connectivity index (χ0v) is 19.1. The summed E-state index contributed by atoms with van der Waals surface area (Å²) in [5.74, 6) is 3.76. The largest absolute Gasteiger partial charge is 0.306 e. The molecule has 4 aliphatic carbocycles. The van der Waals surface area contributed by atoms with E-state index in [1.165, 1.54) is 51.4 Å². The molecule has 0 aromatic heterocycles. The smallest absolute Gasteiger partial charge is 0.0127 e. The maximum absolute atomic E-state index is 2.73. The molecule has 27 heavy (non-hydrogen) atoms. The molecule has 2 nitrogen and oxygen atoms in total. The lowest BCUT2D eigenvalue weighted by Crippen LogP contribution is -2.52. The molecule has 0 heterocycles. The first-order valence-corrected chi connectivity index (χ1v) is 11.7. The lowest BCUT2D eigenvalue weighted by Gasteiger charge is -2.59. The first kappa shape index (κ1) is 20.0. The van der Waals surface area contributed by atoms with E-state index in [1.54, 1.807) is 0 Å². The lowest BCUT2D eigenvalue weighted by atomic mass is 9.47. The molecule has 0 aliphatic heterocycles. The van der Waals surface area contributed by atoms with E-state index in [9.17, 15) is 0 Å². The highest BCUT2D eigenvalue weighted by molar-refractivity contribution is 5.26. The van der Waals surface area contributed by atoms with Crippen molar-refractivity contribution in [1.82, 2.24) is 9.80 Å². The molecule has 0 unspecified atom stereocenters. The van der Waals surface area contributed by atoms with Crippen LogP contribution >= 0.6 is 0 Å². The van der Waals surface area contributed by atoms with Crippen molar-refractivity contribution in [1.29, 1.82) is 0 Å². The first-order chi connectivity index (χ1) is 12.7. The first-order valence-electron chi connectivity index (χ1n) is 11.7. The van der Waals surface area contributed by atoms with Crippen molar-refractivity contribution in [3.8, 4) is 0 Å². The Morgan fingerprint density at radius 1 is 0.963 bits per heavy atom. The summed E-state index contributed by atoms with van der Waals surface area (Å²) in [7, 11) is 9.12. The average molecular weight is 373 g/mol. The Hall–Kier alpha value is -0.340. The fourth-order valence-corrected chi connectivity index (χ4v) is 8.28. The zero-order valence-electron chi connectivity index (χ0n) is 19.1. The van der Waals surface area contributed by atoms with Crippen LogP contribution in [0.5, 0.6) is 0 Å². The molecule has 154 valence electrons. The van der Waals surface area contributed by atoms with E-state index in [-0.39, 0.29) is 0 Å². The van der Waals surface area contributed by atoms with Crippen molar-refractivity contribution in [3.05, 3.63) is 11.6 Å². The van der Waals surface area contributed by atoms with E-state index in [2.05, 4.69) is 64.8 Å². The highest BCUT2D eigenvalue weighted by Gasteiger charge is 2.59. The van der Waals surface area contributed by atoms with Gasteiger partial charge in [0, 0.05) is 12.1 Å². The molecule has 4 rings (SSSR count). The van der Waals surface area contributed by atoms with Gasteiger partial charge in [-0.3, -0.25) is 0 Å². The van der Waals surface area contributed by atoms with Crippen molar-refractivity contribution in [2.75, 3.05) is 28.2 Å².